The van der Waals surface area contributed by atoms with Crippen molar-refractivity contribution in [3.05, 3.63) is 29.3 Å². The minimum absolute atomic E-state index is 0.261. The van der Waals surface area contributed by atoms with Gasteiger partial charge in [0.1, 0.15) is 0 Å². The van der Waals surface area contributed by atoms with E-state index in [1.807, 2.05) is 0 Å². The van der Waals surface area contributed by atoms with Crippen molar-refractivity contribution in [3.8, 4) is 0 Å². The molecule has 0 saturated carbocycles. The van der Waals surface area contributed by atoms with Crippen LogP contribution in [0.1, 0.15) is 11.1 Å². The number of carbonyl (C=O) groups is 1. The van der Waals surface area contributed by atoms with Crippen molar-refractivity contribution < 1.29 is 18.0 Å². The van der Waals surface area contributed by atoms with E-state index in [1.54, 1.807) is 0 Å². The molecule has 0 aliphatic carbocycles. The number of urea groups is 1. The fourth-order valence-electron chi connectivity index (χ4n) is 1.60. The molecule has 6 heteroatoms. The Morgan fingerprint density at radius 2 is 2.06 bits per heavy atom. The highest BCUT2D eigenvalue weighted by atomic mass is 19.4. The Bertz CT molecular complexity index is 442. The molecule has 0 saturated heterocycles. The van der Waals surface area contributed by atoms with Crippen LogP contribution in [0.4, 0.5) is 23.7 Å². The van der Waals surface area contributed by atoms with Gasteiger partial charge in [-0.2, -0.15) is 13.2 Å². The number of carbonyl (C=O) groups excluding carboxylic acids is 1. The summed E-state index contributed by atoms with van der Waals surface area (Å²) in [6, 6.07) is 3.00. The van der Waals surface area contributed by atoms with Crippen LogP contribution in [0.3, 0.4) is 0 Å². The quantitative estimate of drug-likeness (QED) is 0.729. The monoisotopic (exact) mass is 230 g/mol. The molecule has 0 unspecified atom stereocenters. The van der Waals surface area contributed by atoms with Crippen LogP contribution in [0.25, 0.3) is 0 Å². The number of benzene rings is 1. The summed E-state index contributed by atoms with van der Waals surface area (Å²) in [6.07, 6.45) is -4.39. The van der Waals surface area contributed by atoms with Crippen molar-refractivity contribution in [2.45, 2.75) is 12.7 Å². The van der Waals surface area contributed by atoms with Crippen LogP contribution in [0.2, 0.25) is 0 Å². The second-order valence-electron chi connectivity index (χ2n) is 3.56. The van der Waals surface area contributed by atoms with Gasteiger partial charge in [-0.25, -0.2) is 4.79 Å². The molecule has 1 aromatic rings. The van der Waals surface area contributed by atoms with Crippen molar-refractivity contribution in [2.24, 2.45) is 0 Å². The molecule has 0 aromatic heterocycles. The third-order valence-electron chi connectivity index (χ3n) is 2.51. The smallest absolute Gasteiger partial charge is 0.334 e. The van der Waals surface area contributed by atoms with Gasteiger partial charge in [-0.05, 0) is 17.7 Å². The number of nitrogens with one attached hydrogen (secondary N) is 1. The number of fused-ring (bicyclic) bond motifs is 1. The van der Waals surface area contributed by atoms with Gasteiger partial charge in [-0.15, -0.1) is 0 Å². The Hall–Kier alpha value is -1.72. The number of rotatable bonds is 0. The van der Waals surface area contributed by atoms with Gasteiger partial charge in [0, 0.05) is 13.6 Å². The number of amides is 2. The van der Waals surface area contributed by atoms with E-state index < -0.39 is 17.8 Å². The van der Waals surface area contributed by atoms with Gasteiger partial charge in [-0.1, -0.05) is 6.07 Å². The molecule has 1 aliphatic heterocycles. The Kier molecular flexibility index (Phi) is 2.29. The maximum atomic E-state index is 12.5. The predicted octanol–water partition coefficient (Wildman–Crippen LogP) is 2.36. The molecule has 1 N–H and O–H groups in total. The molecule has 3 nitrogen and oxygen atoms in total. The second-order valence-corrected chi connectivity index (χ2v) is 3.56. The summed E-state index contributed by atoms with van der Waals surface area (Å²) in [5, 5.41) is 2.55. The van der Waals surface area contributed by atoms with Gasteiger partial charge in [0.15, 0.2) is 0 Å². The van der Waals surface area contributed by atoms with Crippen molar-refractivity contribution in [1.29, 1.82) is 0 Å². The lowest BCUT2D eigenvalue weighted by atomic mass is 10.1. The first-order valence-electron chi connectivity index (χ1n) is 4.61. The molecule has 2 amide bonds. The van der Waals surface area contributed by atoms with Gasteiger partial charge >= 0.3 is 12.2 Å². The SMILES string of the molecule is CN1C(=O)NCc2ccc(C(F)(F)F)cc21. The highest BCUT2D eigenvalue weighted by molar-refractivity contribution is 5.94. The maximum absolute atomic E-state index is 12.5. The first-order valence-corrected chi connectivity index (χ1v) is 4.61. The first-order chi connectivity index (χ1) is 7.39. The van der Waals surface area contributed by atoms with Gasteiger partial charge in [0.25, 0.3) is 0 Å². The molecule has 1 heterocycles. The molecule has 0 fully saturated rings. The fraction of sp³-hybridized carbons (Fsp3) is 0.300. The average molecular weight is 230 g/mol. The van der Waals surface area contributed by atoms with E-state index in [-0.39, 0.29) is 6.54 Å². The van der Waals surface area contributed by atoms with E-state index in [1.165, 1.54) is 18.0 Å². The second kappa shape index (κ2) is 3.40. The molecular formula is C10H9F3N2O. The number of hydrogen-bond acceptors (Lipinski definition) is 1. The van der Waals surface area contributed by atoms with E-state index in [2.05, 4.69) is 5.32 Å². The van der Waals surface area contributed by atoms with Crippen molar-refractivity contribution in [3.63, 3.8) is 0 Å². The molecule has 0 radical (unpaired) electrons. The lowest BCUT2D eigenvalue weighted by Crippen LogP contribution is -2.41. The fourth-order valence-corrected chi connectivity index (χ4v) is 1.60. The number of anilines is 1. The zero-order chi connectivity index (χ0) is 11.9. The molecule has 0 atom stereocenters. The normalized spacial score (nSPS) is 15.8. The lowest BCUT2D eigenvalue weighted by molar-refractivity contribution is -0.137. The van der Waals surface area contributed by atoms with Crippen LogP contribution in [0.15, 0.2) is 18.2 Å². The highest BCUT2D eigenvalue weighted by Gasteiger charge is 2.32. The van der Waals surface area contributed by atoms with Gasteiger partial charge in [0.2, 0.25) is 0 Å². The van der Waals surface area contributed by atoms with E-state index in [0.29, 0.717) is 11.3 Å². The van der Waals surface area contributed by atoms with Gasteiger partial charge in [-0.3, -0.25) is 4.90 Å². The standard InChI is InChI=1S/C10H9F3N2O/c1-15-8-4-7(10(11,12)13)3-2-6(8)5-14-9(15)16/h2-4H,5H2,1H3,(H,14,16). The lowest BCUT2D eigenvalue weighted by Gasteiger charge is -2.27. The molecule has 86 valence electrons. The largest absolute Gasteiger partial charge is 0.416 e. The number of alkyl halides is 3. The summed E-state index contributed by atoms with van der Waals surface area (Å²) >= 11 is 0. The first kappa shape index (κ1) is 10.8. The maximum Gasteiger partial charge on any atom is 0.416 e. The van der Waals surface area contributed by atoms with E-state index in [4.69, 9.17) is 0 Å². The Labute approximate surface area is 89.9 Å². The van der Waals surface area contributed by atoms with Crippen molar-refractivity contribution >= 4 is 11.7 Å². The van der Waals surface area contributed by atoms with Crippen LogP contribution in [0.5, 0.6) is 0 Å². The molecular weight excluding hydrogens is 221 g/mol. The Morgan fingerprint density at radius 1 is 1.38 bits per heavy atom. The van der Waals surface area contributed by atoms with Crippen LogP contribution < -0.4 is 10.2 Å². The Balaban J connectivity index is 2.48. The zero-order valence-corrected chi connectivity index (χ0v) is 8.43. The van der Waals surface area contributed by atoms with Crippen LogP contribution in [-0.2, 0) is 12.7 Å². The van der Waals surface area contributed by atoms with Crippen molar-refractivity contribution in [2.75, 3.05) is 11.9 Å². The third-order valence-corrected chi connectivity index (χ3v) is 2.51. The average Bonchev–Trinajstić information content (AvgIpc) is 2.22. The molecule has 1 aliphatic rings. The minimum Gasteiger partial charge on any atom is -0.334 e. The summed E-state index contributed by atoms with van der Waals surface area (Å²) in [6.45, 7) is 0.261. The highest BCUT2D eigenvalue weighted by Crippen LogP contribution is 2.34. The molecule has 0 bridgehead atoms. The molecule has 16 heavy (non-hydrogen) atoms. The number of nitrogens with zero attached hydrogens (tertiary/aromatic N) is 1. The molecule has 0 spiro atoms. The van der Waals surface area contributed by atoms with Crippen molar-refractivity contribution in [1.82, 2.24) is 5.32 Å². The summed E-state index contributed by atoms with van der Waals surface area (Å²) in [5.41, 5.74) is 0.237. The summed E-state index contributed by atoms with van der Waals surface area (Å²) in [7, 11) is 1.44. The Morgan fingerprint density at radius 3 is 2.69 bits per heavy atom. The zero-order valence-electron chi connectivity index (χ0n) is 8.43. The summed E-state index contributed by atoms with van der Waals surface area (Å²) in [4.78, 5) is 12.4. The van der Waals surface area contributed by atoms with Crippen LogP contribution >= 0.6 is 0 Å². The summed E-state index contributed by atoms with van der Waals surface area (Å²) < 4.78 is 37.4. The third kappa shape index (κ3) is 1.70. The van der Waals surface area contributed by atoms with Crippen LogP contribution in [0, 0.1) is 0 Å². The predicted molar refractivity (Wildman–Crippen MR) is 52.1 cm³/mol. The number of halogens is 3. The van der Waals surface area contributed by atoms with Gasteiger partial charge in [0.05, 0.1) is 11.3 Å². The van der Waals surface area contributed by atoms with Crippen LogP contribution in [-0.4, -0.2) is 13.1 Å². The van der Waals surface area contributed by atoms with E-state index in [0.717, 1.165) is 12.1 Å². The summed E-state index contributed by atoms with van der Waals surface area (Å²) in [5.74, 6) is 0. The van der Waals surface area contributed by atoms with E-state index >= 15 is 0 Å². The number of hydrogen-bond donors (Lipinski definition) is 1. The minimum atomic E-state index is -4.39. The molecule has 2 rings (SSSR count). The van der Waals surface area contributed by atoms with Gasteiger partial charge < -0.3 is 5.32 Å². The van der Waals surface area contributed by atoms with E-state index in [9.17, 15) is 18.0 Å². The topological polar surface area (TPSA) is 32.3 Å². The molecule has 1 aromatic carbocycles.